The van der Waals surface area contributed by atoms with Crippen LogP contribution in [0.15, 0.2) is 267 Å². The fraction of sp³-hybridized carbons (Fsp3) is 0.143. The summed E-state index contributed by atoms with van der Waals surface area (Å²) >= 11 is 0. The number of fused-ring (bicyclic) bond motifs is 14. The lowest BCUT2D eigenvalue weighted by Crippen LogP contribution is -2.32. The van der Waals surface area contributed by atoms with Crippen LogP contribution in [0.2, 0.25) is 0 Å². The molecule has 4 aliphatic heterocycles. The van der Waals surface area contributed by atoms with E-state index in [-0.39, 0.29) is 21.7 Å². The second-order valence-electron chi connectivity index (χ2n) is 27.1. The van der Waals surface area contributed by atoms with Crippen LogP contribution in [-0.2, 0) is 21.7 Å². The highest BCUT2D eigenvalue weighted by atomic mass is 15.2. The summed E-state index contributed by atoms with van der Waals surface area (Å²) < 4.78 is 4.82. The molecule has 436 valence electrons. The molecule has 6 nitrogen and oxygen atoms in total. The van der Waals surface area contributed by atoms with Gasteiger partial charge in [-0.05, 0) is 166 Å². The molecule has 2 aromatic heterocycles. The van der Waals surface area contributed by atoms with Gasteiger partial charge in [0.1, 0.15) is 0 Å². The zero-order valence-electron chi connectivity index (χ0n) is 52.2. The van der Waals surface area contributed by atoms with Crippen molar-refractivity contribution in [1.29, 1.82) is 0 Å². The number of nitrogens with zero attached hydrogens (tertiary/aromatic N) is 4. The van der Waals surface area contributed by atoms with E-state index in [4.69, 9.17) is 0 Å². The maximum atomic E-state index is 3.82. The maximum absolute atomic E-state index is 3.82. The highest BCUT2D eigenvalue weighted by molar-refractivity contribution is 6.10. The van der Waals surface area contributed by atoms with E-state index in [9.17, 15) is 0 Å². The molecule has 4 aliphatic rings. The Morgan fingerprint density at radius 3 is 0.733 bits per heavy atom. The first-order valence-corrected chi connectivity index (χ1v) is 31.8. The summed E-state index contributed by atoms with van der Waals surface area (Å²) in [5.74, 6) is 0. The number of nitrogens with one attached hydrogen (secondary N) is 2. The van der Waals surface area contributed by atoms with Crippen molar-refractivity contribution in [2.75, 3.05) is 20.4 Å². The minimum Gasteiger partial charge on any atom is -0.355 e. The minimum atomic E-state index is -0.246. The third-order valence-corrected chi connectivity index (χ3v) is 20.7. The van der Waals surface area contributed by atoms with Gasteiger partial charge in [0.05, 0.1) is 44.8 Å². The van der Waals surface area contributed by atoms with Gasteiger partial charge in [-0.1, -0.05) is 201 Å². The molecule has 6 heterocycles. The van der Waals surface area contributed by atoms with Gasteiger partial charge in [0.25, 0.3) is 0 Å². The Morgan fingerprint density at radius 1 is 0.222 bits per heavy atom. The topological polar surface area (TPSA) is 40.4 Å². The highest BCUT2D eigenvalue weighted by Crippen LogP contribution is 2.57. The van der Waals surface area contributed by atoms with Crippen molar-refractivity contribution in [3.63, 3.8) is 0 Å². The van der Waals surface area contributed by atoms with E-state index in [0.29, 0.717) is 0 Å². The van der Waals surface area contributed by atoms with E-state index in [1.807, 2.05) is 0 Å². The second-order valence-corrected chi connectivity index (χ2v) is 27.1. The van der Waals surface area contributed by atoms with Gasteiger partial charge in [-0.25, -0.2) is 0 Å². The molecular formula is C84H70N6. The molecule has 2 N–H and O–H groups in total. The van der Waals surface area contributed by atoms with Crippen LogP contribution in [0.1, 0.15) is 99.9 Å². The largest absolute Gasteiger partial charge is 0.355 e. The molecule has 12 aromatic carbocycles. The van der Waals surface area contributed by atoms with Gasteiger partial charge >= 0.3 is 0 Å². The Kier molecular flexibility index (Phi) is 11.6. The van der Waals surface area contributed by atoms with Crippen LogP contribution in [-0.4, -0.2) is 9.13 Å². The first kappa shape index (κ1) is 53.7. The van der Waals surface area contributed by atoms with Crippen LogP contribution in [0, 0.1) is 0 Å². The third-order valence-electron chi connectivity index (χ3n) is 20.7. The lowest BCUT2D eigenvalue weighted by atomic mass is 9.72. The van der Waals surface area contributed by atoms with Crippen LogP contribution < -0.4 is 20.4 Å². The van der Waals surface area contributed by atoms with E-state index < -0.39 is 0 Å². The summed E-state index contributed by atoms with van der Waals surface area (Å²) in [5, 5.41) is 12.7. The molecule has 18 rings (SSSR count). The molecule has 0 amide bonds. The van der Waals surface area contributed by atoms with Crippen molar-refractivity contribution >= 4 is 100 Å². The van der Waals surface area contributed by atoms with Crippen molar-refractivity contribution in [3.05, 3.63) is 311 Å². The average Bonchev–Trinajstić information content (AvgIpc) is 2.65. The number of aromatic nitrogens is 2. The van der Waals surface area contributed by atoms with Gasteiger partial charge in [0.2, 0.25) is 0 Å². The maximum Gasteiger partial charge on any atom is 0.0541 e. The number of anilines is 10. The number of hydrogen-bond donors (Lipinski definition) is 2. The van der Waals surface area contributed by atoms with Crippen LogP contribution in [0.25, 0.3) is 55.0 Å². The molecule has 0 bridgehead atoms. The van der Waals surface area contributed by atoms with Crippen molar-refractivity contribution in [2.45, 2.75) is 77.0 Å². The molecule has 14 aromatic rings. The fourth-order valence-electron chi connectivity index (χ4n) is 16.1. The van der Waals surface area contributed by atoms with E-state index in [1.165, 1.54) is 156 Å². The molecule has 90 heavy (non-hydrogen) atoms. The van der Waals surface area contributed by atoms with E-state index in [1.54, 1.807) is 0 Å². The zero-order chi connectivity index (χ0) is 61.0. The van der Waals surface area contributed by atoms with Crippen LogP contribution in [0.3, 0.4) is 0 Å². The number of rotatable bonds is 4. The summed E-state index contributed by atoms with van der Waals surface area (Å²) in [6.07, 6.45) is 0. The molecule has 0 spiro atoms. The smallest absolute Gasteiger partial charge is 0.0541 e. The Hall–Kier alpha value is -10.6. The first-order chi connectivity index (χ1) is 43.7. The molecule has 0 atom stereocenters. The van der Waals surface area contributed by atoms with Gasteiger partial charge < -0.3 is 29.6 Å². The van der Waals surface area contributed by atoms with Gasteiger partial charge in [-0.2, -0.15) is 0 Å². The summed E-state index contributed by atoms with van der Waals surface area (Å²) in [6.45, 7) is 18.8. The Morgan fingerprint density at radius 2 is 0.444 bits per heavy atom. The number of hydrogen-bond acceptors (Lipinski definition) is 4. The van der Waals surface area contributed by atoms with Gasteiger partial charge in [-0.3, -0.25) is 0 Å². The summed E-state index contributed by atoms with van der Waals surface area (Å²) in [4.78, 5) is 4.92. The Labute approximate surface area is 526 Å². The van der Waals surface area contributed by atoms with Crippen LogP contribution in [0.5, 0.6) is 0 Å². The predicted octanol–water partition coefficient (Wildman–Crippen LogP) is 22.6. The minimum absolute atomic E-state index is 0.0883. The summed E-state index contributed by atoms with van der Waals surface area (Å²) in [7, 11) is 0. The molecule has 0 fully saturated rings. The SMILES string of the molecule is CC1(C)c2cc(-n3c4ccccc4c4ccccc43)ccc2Nc2ccc(-n3c4ccccc4c4ccccc43)cc21.CC1(C)c2cc(N3c4ccccc4C(C)(C)c4ccccc43)ccc2Nc2ccc(N3c4ccccc4C(C)(C)c4ccccc43)cc21. The summed E-state index contributed by atoms with van der Waals surface area (Å²) in [6, 6.07) is 98.1. The average molecular weight is 1160 g/mol. The van der Waals surface area contributed by atoms with E-state index in [2.05, 4.69) is 352 Å². The van der Waals surface area contributed by atoms with Crippen LogP contribution >= 0.6 is 0 Å². The number of benzene rings is 12. The normalized spacial score (nSPS) is 15.6. The quantitative estimate of drug-likeness (QED) is 0.184. The molecule has 0 saturated carbocycles. The van der Waals surface area contributed by atoms with E-state index in [0.717, 1.165) is 0 Å². The van der Waals surface area contributed by atoms with Gasteiger partial charge in [-0.15, -0.1) is 0 Å². The molecule has 0 unspecified atom stereocenters. The van der Waals surface area contributed by atoms with Crippen LogP contribution in [0.4, 0.5) is 56.9 Å². The zero-order valence-corrected chi connectivity index (χ0v) is 52.2. The standard InChI is InChI=1S/C45H41N3.C39H29N3/c1-43(2)31-15-7-11-19-39(31)47(40-20-12-8-16-32(40)43)29-23-25-37-35(27-29)45(5,6)36-28-30(24-26-38(36)46-37)48-41-21-13-9-17-33(41)44(3,4)34-18-10-14-22-42(34)48;1-39(2)31-23-25(41-35-15-7-3-11-27(35)28-12-4-8-16-36(28)41)19-21-33(31)40-34-22-20-26(24-32(34)39)42-37-17-9-5-13-29(37)30-14-6-10-18-38(30)42/h7-28,46H,1-6H3;3-24,40H,1-2H3. The van der Waals surface area contributed by atoms with Gasteiger partial charge in [0, 0.05) is 88.7 Å². The van der Waals surface area contributed by atoms with Crippen molar-refractivity contribution < 1.29 is 0 Å². The predicted molar refractivity (Wildman–Crippen MR) is 379 cm³/mol. The third kappa shape index (κ3) is 7.76. The molecule has 6 heteroatoms. The van der Waals surface area contributed by atoms with Crippen molar-refractivity contribution in [3.8, 4) is 11.4 Å². The first-order valence-electron chi connectivity index (χ1n) is 31.8. The molecule has 0 aliphatic carbocycles. The second kappa shape index (κ2) is 19.5. The number of para-hydroxylation sites is 8. The van der Waals surface area contributed by atoms with Crippen molar-refractivity contribution in [2.24, 2.45) is 0 Å². The highest BCUT2D eigenvalue weighted by Gasteiger charge is 2.41. The lowest BCUT2D eigenvalue weighted by Gasteiger charge is -2.43. The van der Waals surface area contributed by atoms with E-state index >= 15 is 0 Å². The molecule has 0 saturated heterocycles. The van der Waals surface area contributed by atoms with Gasteiger partial charge in [0.15, 0.2) is 0 Å². The Bertz CT molecular complexity index is 4770. The van der Waals surface area contributed by atoms with Crippen molar-refractivity contribution in [1.82, 2.24) is 9.13 Å². The molecular weight excluding hydrogens is 1090 g/mol. The molecule has 0 radical (unpaired) electrons. The lowest BCUT2D eigenvalue weighted by molar-refractivity contribution is 0.629. The monoisotopic (exact) mass is 1160 g/mol. The fourth-order valence-corrected chi connectivity index (χ4v) is 16.1. The Balaban J connectivity index is 0.000000140. The summed E-state index contributed by atoms with van der Waals surface area (Å²) in [5.41, 5.74) is 29.2.